The molecule has 0 radical (unpaired) electrons. The van der Waals surface area contributed by atoms with Gasteiger partial charge in [0.1, 0.15) is 5.75 Å². The van der Waals surface area contributed by atoms with Crippen LogP contribution in [0.4, 0.5) is 11.4 Å². The van der Waals surface area contributed by atoms with Gasteiger partial charge in [-0.15, -0.1) is 0 Å². The molecule has 1 aliphatic rings. The summed E-state index contributed by atoms with van der Waals surface area (Å²) in [6.45, 7) is 3.95. The minimum absolute atomic E-state index is 0.232. The minimum atomic E-state index is -3.65. The van der Waals surface area contributed by atoms with Crippen LogP contribution in [0.15, 0.2) is 49.1 Å². The van der Waals surface area contributed by atoms with Gasteiger partial charge in [-0.3, -0.25) is 9.05 Å². The van der Waals surface area contributed by atoms with Crippen molar-refractivity contribution >= 4 is 62.8 Å². The quantitative estimate of drug-likeness (QED) is 0.362. The zero-order chi connectivity index (χ0) is 18.0. The van der Waals surface area contributed by atoms with Crippen molar-refractivity contribution < 1.29 is 18.1 Å². The molecule has 1 aliphatic heterocycles. The molecule has 2 aromatic rings. The van der Waals surface area contributed by atoms with Crippen molar-refractivity contribution in [2.24, 2.45) is 0 Å². The zero-order valence-corrected chi connectivity index (χ0v) is 18.4. The molecule has 0 saturated heterocycles. The number of phosphoric acid groups is 1. The van der Waals surface area contributed by atoms with Crippen LogP contribution < -0.4 is 9.84 Å². The first-order valence-corrected chi connectivity index (χ1v) is 11.5. The first kappa shape index (κ1) is 19.3. The van der Waals surface area contributed by atoms with E-state index in [4.69, 9.17) is 13.6 Å². The zero-order valence-electron chi connectivity index (χ0n) is 13.5. The SMILES string of the molecule is CCOP(=O)(OCC)Oc1cc2c(cc1Br)Sc1cc(Br)ccc1N2. The molecule has 3 rings (SSSR count). The van der Waals surface area contributed by atoms with Crippen molar-refractivity contribution in [2.75, 3.05) is 18.5 Å². The number of fused-ring (bicyclic) bond motifs is 2. The number of rotatable bonds is 6. The molecule has 0 aliphatic carbocycles. The molecule has 2 aromatic carbocycles. The van der Waals surface area contributed by atoms with Crippen molar-refractivity contribution in [2.45, 2.75) is 23.6 Å². The highest BCUT2D eigenvalue weighted by atomic mass is 79.9. The molecule has 0 fully saturated rings. The summed E-state index contributed by atoms with van der Waals surface area (Å²) in [6, 6.07) is 9.76. The number of nitrogens with one attached hydrogen (secondary N) is 1. The molecule has 0 bridgehead atoms. The molecular formula is C16H16Br2NO4PS. The Labute approximate surface area is 167 Å². The summed E-state index contributed by atoms with van der Waals surface area (Å²) in [6.07, 6.45) is 0. The maximum atomic E-state index is 12.6. The van der Waals surface area contributed by atoms with Crippen molar-refractivity contribution in [3.05, 3.63) is 39.3 Å². The lowest BCUT2D eigenvalue weighted by atomic mass is 10.2. The van der Waals surface area contributed by atoms with Gasteiger partial charge in [0.25, 0.3) is 0 Å². The fourth-order valence-corrected chi connectivity index (χ4v) is 5.73. The molecule has 25 heavy (non-hydrogen) atoms. The monoisotopic (exact) mass is 507 g/mol. The largest absolute Gasteiger partial charge is 0.530 e. The van der Waals surface area contributed by atoms with E-state index < -0.39 is 7.82 Å². The van der Waals surface area contributed by atoms with Crippen molar-refractivity contribution in [1.82, 2.24) is 0 Å². The van der Waals surface area contributed by atoms with Gasteiger partial charge in [-0.1, -0.05) is 27.7 Å². The van der Waals surface area contributed by atoms with Gasteiger partial charge in [-0.2, -0.15) is 0 Å². The van der Waals surface area contributed by atoms with E-state index in [9.17, 15) is 4.57 Å². The topological polar surface area (TPSA) is 56.8 Å². The highest BCUT2D eigenvalue weighted by Gasteiger charge is 2.29. The molecule has 0 saturated carbocycles. The van der Waals surface area contributed by atoms with Crippen LogP contribution in [0.1, 0.15) is 13.8 Å². The summed E-state index contributed by atoms with van der Waals surface area (Å²) in [5, 5.41) is 3.37. The molecule has 1 N–H and O–H groups in total. The molecule has 0 spiro atoms. The van der Waals surface area contributed by atoms with Gasteiger partial charge in [0.05, 0.1) is 29.1 Å². The Morgan fingerprint density at radius 2 is 1.72 bits per heavy atom. The lowest BCUT2D eigenvalue weighted by Crippen LogP contribution is -2.04. The second kappa shape index (κ2) is 8.03. The smallest absolute Gasteiger partial charge is 0.403 e. The summed E-state index contributed by atoms with van der Waals surface area (Å²) in [5.41, 5.74) is 1.88. The van der Waals surface area contributed by atoms with Gasteiger partial charge in [0.2, 0.25) is 0 Å². The Hall–Kier alpha value is -0.500. The van der Waals surface area contributed by atoms with Gasteiger partial charge < -0.3 is 9.84 Å². The number of halogens is 2. The third kappa shape index (κ3) is 4.43. The van der Waals surface area contributed by atoms with Crippen LogP contribution in [0.5, 0.6) is 5.75 Å². The summed E-state index contributed by atoms with van der Waals surface area (Å²) >= 11 is 8.62. The summed E-state index contributed by atoms with van der Waals surface area (Å²) < 4.78 is 30.3. The molecule has 0 unspecified atom stereocenters. The molecular weight excluding hydrogens is 493 g/mol. The normalized spacial score (nSPS) is 13.0. The van der Waals surface area contributed by atoms with Gasteiger partial charge in [-0.05, 0) is 54.0 Å². The van der Waals surface area contributed by atoms with E-state index in [0.717, 1.165) is 25.6 Å². The van der Waals surface area contributed by atoms with Gasteiger partial charge >= 0.3 is 7.82 Å². The van der Waals surface area contributed by atoms with E-state index in [-0.39, 0.29) is 13.2 Å². The standard InChI is InChI=1S/C16H16Br2NO4PS/c1-3-21-24(20,22-4-2)23-14-9-13-16(8-11(14)18)25-15-7-10(17)5-6-12(15)19-13/h5-9,19H,3-4H2,1-2H3. The number of anilines is 2. The predicted molar refractivity (Wildman–Crippen MR) is 107 cm³/mol. The number of phosphoric ester groups is 1. The summed E-state index contributed by atoms with van der Waals surface area (Å²) in [5.74, 6) is 0.401. The van der Waals surface area contributed by atoms with Crippen LogP contribution in [0, 0.1) is 0 Å². The third-order valence-corrected chi connectivity index (χ3v) is 7.05. The van der Waals surface area contributed by atoms with Crippen LogP contribution in [-0.2, 0) is 13.6 Å². The lowest BCUT2D eigenvalue weighted by Gasteiger charge is -2.23. The van der Waals surface area contributed by atoms with Gasteiger partial charge in [0.15, 0.2) is 0 Å². The summed E-state index contributed by atoms with van der Waals surface area (Å²) in [7, 11) is -3.65. The Kier molecular flexibility index (Phi) is 6.19. The second-order valence-electron chi connectivity index (χ2n) is 5.02. The number of hydrogen-bond donors (Lipinski definition) is 1. The average molecular weight is 509 g/mol. The fourth-order valence-electron chi connectivity index (χ4n) is 2.26. The maximum Gasteiger partial charge on any atom is 0.530 e. The van der Waals surface area contributed by atoms with Gasteiger partial charge in [-0.25, -0.2) is 4.57 Å². The van der Waals surface area contributed by atoms with E-state index in [2.05, 4.69) is 43.2 Å². The highest BCUT2D eigenvalue weighted by Crippen LogP contribution is 2.53. The molecule has 5 nitrogen and oxygen atoms in total. The third-order valence-electron chi connectivity index (χ3n) is 3.25. The fraction of sp³-hybridized carbons (Fsp3) is 0.250. The van der Waals surface area contributed by atoms with Crippen LogP contribution in [0.2, 0.25) is 0 Å². The van der Waals surface area contributed by atoms with E-state index in [1.807, 2.05) is 18.2 Å². The summed E-state index contributed by atoms with van der Waals surface area (Å²) in [4.78, 5) is 2.16. The highest BCUT2D eigenvalue weighted by molar-refractivity contribution is 9.10. The van der Waals surface area contributed by atoms with E-state index in [1.165, 1.54) is 0 Å². The van der Waals surface area contributed by atoms with E-state index in [1.54, 1.807) is 31.7 Å². The van der Waals surface area contributed by atoms with Crippen LogP contribution >= 0.6 is 51.4 Å². The number of benzene rings is 2. The Balaban J connectivity index is 1.91. The minimum Gasteiger partial charge on any atom is -0.403 e. The lowest BCUT2D eigenvalue weighted by molar-refractivity contribution is 0.167. The van der Waals surface area contributed by atoms with Crippen LogP contribution in [0.3, 0.4) is 0 Å². The first-order valence-electron chi connectivity index (χ1n) is 7.60. The van der Waals surface area contributed by atoms with Crippen LogP contribution in [-0.4, -0.2) is 13.2 Å². The molecule has 134 valence electrons. The van der Waals surface area contributed by atoms with Crippen molar-refractivity contribution in [3.63, 3.8) is 0 Å². The van der Waals surface area contributed by atoms with Crippen molar-refractivity contribution in [1.29, 1.82) is 0 Å². The predicted octanol–water partition coefficient (Wildman–Crippen LogP) is 6.98. The first-order chi connectivity index (χ1) is 11.9. The molecule has 9 heteroatoms. The average Bonchev–Trinajstić information content (AvgIpc) is 2.54. The molecule has 0 atom stereocenters. The molecule has 1 heterocycles. The van der Waals surface area contributed by atoms with E-state index >= 15 is 0 Å². The Bertz CT molecular complexity index is 839. The Morgan fingerprint density at radius 3 is 2.40 bits per heavy atom. The van der Waals surface area contributed by atoms with Crippen molar-refractivity contribution in [3.8, 4) is 5.75 Å². The molecule has 0 amide bonds. The number of hydrogen-bond acceptors (Lipinski definition) is 6. The van der Waals surface area contributed by atoms with Crippen LogP contribution in [0.25, 0.3) is 0 Å². The Morgan fingerprint density at radius 1 is 1.04 bits per heavy atom. The maximum absolute atomic E-state index is 12.6. The molecule has 0 aromatic heterocycles. The van der Waals surface area contributed by atoms with Gasteiger partial charge in [0, 0.05) is 20.3 Å². The van der Waals surface area contributed by atoms with E-state index in [0.29, 0.717) is 10.2 Å². The second-order valence-corrected chi connectivity index (χ2v) is 9.47.